The highest BCUT2D eigenvalue weighted by molar-refractivity contribution is 6.00. The zero-order valence-corrected chi connectivity index (χ0v) is 32.4. The second kappa shape index (κ2) is 15.8. The summed E-state index contributed by atoms with van der Waals surface area (Å²) >= 11 is 0. The number of para-hydroxylation sites is 1. The normalized spacial score (nSPS) is 27.4. The Morgan fingerprint density at radius 1 is 0.897 bits per heavy atom. The molecule has 15 heteroatoms. The minimum absolute atomic E-state index is 0.110. The summed E-state index contributed by atoms with van der Waals surface area (Å²) in [5.74, 6) is -2.85. The first kappa shape index (κ1) is 38.2. The topological polar surface area (TPSA) is 166 Å². The second-order valence-electron chi connectivity index (χ2n) is 16.7. The molecule has 0 radical (unpaired) electrons. The summed E-state index contributed by atoms with van der Waals surface area (Å²) < 4.78 is 31.9. The third-order valence-corrected chi connectivity index (χ3v) is 13.1. The Kier molecular flexibility index (Phi) is 10.4. The Hall–Kier alpha value is -5.28. The van der Waals surface area contributed by atoms with Crippen molar-refractivity contribution in [3.63, 3.8) is 0 Å². The highest BCUT2D eigenvalue weighted by Gasteiger charge is 2.47. The molecule has 0 spiro atoms. The molecule has 4 aromatic rings. The predicted molar refractivity (Wildman–Crippen MR) is 215 cm³/mol. The number of piperazine rings is 1. The number of carbonyl (C=O) groups is 2. The molecule has 6 heterocycles. The van der Waals surface area contributed by atoms with Crippen LogP contribution >= 0.6 is 0 Å². The number of nitrogens with two attached hydrogens (primary N) is 1. The molecule has 4 atom stereocenters. The highest BCUT2D eigenvalue weighted by Crippen LogP contribution is 2.44. The fraction of sp³-hybridized carbons (Fsp3) is 0.488. The van der Waals surface area contributed by atoms with Gasteiger partial charge in [0, 0.05) is 67.6 Å². The number of aromatic hydroxyl groups is 1. The summed E-state index contributed by atoms with van der Waals surface area (Å²) in [5.41, 5.74) is 10.8. The molecule has 5 N–H and O–H groups in total. The van der Waals surface area contributed by atoms with Crippen molar-refractivity contribution in [1.82, 2.24) is 35.7 Å². The molecular weight excluding hydrogens is 743 g/mol. The number of hydrogen-bond acceptors (Lipinski definition) is 12. The fourth-order valence-electron chi connectivity index (χ4n) is 10.1. The molecule has 4 aliphatic heterocycles. The van der Waals surface area contributed by atoms with Crippen molar-refractivity contribution in [2.45, 2.75) is 106 Å². The maximum absolute atomic E-state index is 15.9. The highest BCUT2D eigenvalue weighted by atomic mass is 19.3. The van der Waals surface area contributed by atoms with Gasteiger partial charge in [0.25, 0.3) is 5.92 Å². The molecule has 4 saturated heterocycles. The van der Waals surface area contributed by atoms with Crippen LogP contribution in [0, 0.1) is 0 Å². The molecule has 0 unspecified atom stereocenters. The Morgan fingerprint density at radius 2 is 1.67 bits per heavy atom. The first-order valence-electron chi connectivity index (χ1n) is 20.6. The number of amides is 2. The van der Waals surface area contributed by atoms with Gasteiger partial charge in [-0.05, 0) is 93.3 Å². The van der Waals surface area contributed by atoms with E-state index in [0.29, 0.717) is 48.6 Å². The molecule has 5 fully saturated rings. The third kappa shape index (κ3) is 7.69. The maximum atomic E-state index is 15.9. The van der Waals surface area contributed by atoms with Crippen LogP contribution in [0.1, 0.15) is 86.4 Å². The van der Waals surface area contributed by atoms with Crippen molar-refractivity contribution in [3.8, 4) is 17.0 Å². The number of hydrogen-bond donors (Lipinski definition) is 4. The molecule has 2 bridgehead atoms. The maximum Gasteiger partial charge on any atom is 0.267 e. The molecule has 5 aliphatic rings. The Bertz CT molecular complexity index is 2150. The standard InChI is InChI=1S/C43H50F2N10O3/c44-43(45)25-53(19-17-33(43)28-5-3-4-26(20-28)22-48-35-14-15-39(57)50-41(35)58)29-10-8-27(9-11-29)34-16-18-47-42(49-34)55-30-12-13-31(55)24-54(23-30)37-21-36(51-52-40(37)46)32-6-1-2-7-38(32)56/h1-7,16,18,20-21,27,29-31,33,35,48,56H,8-15,17,19,22-25H2,(H2,46,52)(H,50,57,58)/t27?,29?,30-,31+,33-,35-/m1/s1. The Balaban J connectivity index is 0.799. The number of nitrogens with zero attached hydrogens (tertiary/aromatic N) is 7. The summed E-state index contributed by atoms with van der Waals surface area (Å²) in [6.45, 7) is 2.20. The van der Waals surface area contributed by atoms with Gasteiger partial charge in [0.15, 0.2) is 5.82 Å². The van der Waals surface area contributed by atoms with Gasteiger partial charge in [-0.1, -0.05) is 36.4 Å². The van der Waals surface area contributed by atoms with Crippen LogP contribution < -0.4 is 26.2 Å². The molecule has 2 aromatic carbocycles. The number of alkyl halides is 2. The number of imide groups is 1. The van der Waals surface area contributed by atoms with Crippen molar-refractivity contribution < 1.29 is 23.5 Å². The van der Waals surface area contributed by atoms with Gasteiger partial charge in [-0.2, -0.15) is 0 Å². The van der Waals surface area contributed by atoms with Gasteiger partial charge in [0.1, 0.15) is 5.75 Å². The van der Waals surface area contributed by atoms with Gasteiger partial charge in [-0.3, -0.25) is 19.8 Å². The predicted octanol–water partition coefficient (Wildman–Crippen LogP) is 5.12. The summed E-state index contributed by atoms with van der Waals surface area (Å²) in [4.78, 5) is 40.2. The summed E-state index contributed by atoms with van der Waals surface area (Å²) in [6, 6.07) is 18.4. The van der Waals surface area contributed by atoms with Gasteiger partial charge in [-0.15, -0.1) is 10.2 Å². The van der Waals surface area contributed by atoms with Crippen LogP contribution in [-0.2, 0) is 16.1 Å². The first-order chi connectivity index (χ1) is 28.1. The molecule has 2 aromatic heterocycles. The second-order valence-corrected chi connectivity index (χ2v) is 16.7. The smallest absolute Gasteiger partial charge is 0.267 e. The lowest BCUT2D eigenvalue weighted by Gasteiger charge is -2.44. The molecule has 58 heavy (non-hydrogen) atoms. The van der Waals surface area contributed by atoms with E-state index in [-0.39, 0.29) is 54.6 Å². The number of benzene rings is 2. The van der Waals surface area contributed by atoms with Gasteiger partial charge >= 0.3 is 0 Å². The van der Waals surface area contributed by atoms with E-state index >= 15 is 8.78 Å². The number of halogens is 2. The zero-order valence-electron chi connectivity index (χ0n) is 32.4. The van der Waals surface area contributed by atoms with Gasteiger partial charge in [0.05, 0.1) is 29.9 Å². The van der Waals surface area contributed by atoms with Crippen LogP contribution in [-0.4, -0.2) is 98.3 Å². The number of phenols is 1. The zero-order chi connectivity index (χ0) is 40.0. The van der Waals surface area contributed by atoms with Crippen LogP contribution in [0.4, 0.5) is 26.2 Å². The monoisotopic (exact) mass is 792 g/mol. The molecular formula is C43H50F2N10O3. The van der Waals surface area contributed by atoms with Crippen LogP contribution in [0.3, 0.4) is 0 Å². The number of rotatable bonds is 9. The number of aromatic nitrogens is 4. The van der Waals surface area contributed by atoms with E-state index in [4.69, 9.17) is 15.7 Å². The average Bonchev–Trinajstić information content (AvgIpc) is 3.49. The van der Waals surface area contributed by atoms with Crippen LogP contribution in [0.25, 0.3) is 11.3 Å². The minimum Gasteiger partial charge on any atom is -0.507 e. The Morgan fingerprint density at radius 3 is 2.43 bits per heavy atom. The number of nitrogen functional groups attached to an aromatic ring is 1. The third-order valence-electron chi connectivity index (χ3n) is 13.1. The van der Waals surface area contributed by atoms with Gasteiger partial charge in [-0.25, -0.2) is 18.7 Å². The summed E-state index contributed by atoms with van der Waals surface area (Å²) in [6.07, 6.45) is 8.46. The van der Waals surface area contributed by atoms with E-state index in [2.05, 4.69) is 30.6 Å². The van der Waals surface area contributed by atoms with Crippen molar-refractivity contribution in [1.29, 1.82) is 0 Å². The van der Waals surface area contributed by atoms with Crippen molar-refractivity contribution in [3.05, 3.63) is 83.7 Å². The van der Waals surface area contributed by atoms with E-state index in [1.807, 2.05) is 53.6 Å². The van der Waals surface area contributed by atoms with Crippen LogP contribution in [0.2, 0.25) is 0 Å². The van der Waals surface area contributed by atoms with E-state index in [0.717, 1.165) is 74.5 Å². The SMILES string of the molecule is Nc1nnc(-c2ccccc2O)cc1N1C[C@H]2CC[C@@H](C1)N2c1nccc(C2CCC(N3CC[C@H](c4cccc(CN[C@@H]5CCC(=O)NC5=O)c4)C(F)(F)C3)CC2)n1. The number of anilines is 3. The lowest BCUT2D eigenvalue weighted by Crippen LogP contribution is -2.54. The van der Waals surface area contributed by atoms with E-state index in [1.165, 1.54) is 0 Å². The molecule has 13 nitrogen and oxygen atoms in total. The van der Waals surface area contributed by atoms with E-state index in [9.17, 15) is 14.7 Å². The summed E-state index contributed by atoms with van der Waals surface area (Å²) in [7, 11) is 0. The number of phenolic OH excluding ortho intramolecular Hbond substituents is 1. The molecule has 1 aliphatic carbocycles. The van der Waals surface area contributed by atoms with Gasteiger partial charge < -0.3 is 26.0 Å². The Labute approximate surface area is 336 Å². The van der Waals surface area contributed by atoms with Gasteiger partial charge in [0.2, 0.25) is 17.8 Å². The number of fused-ring (bicyclic) bond motifs is 2. The lowest BCUT2D eigenvalue weighted by atomic mass is 9.80. The molecule has 9 rings (SSSR count). The lowest BCUT2D eigenvalue weighted by molar-refractivity contribution is -0.134. The van der Waals surface area contributed by atoms with E-state index < -0.39 is 17.9 Å². The van der Waals surface area contributed by atoms with Crippen LogP contribution in [0.15, 0.2) is 66.9 Å². The van der Waals surface area contributed by atoms with Crippen molar-refractivity contribution in [2.24, 2.45) is 0 Å². The number of carbonyl (C=O) groups excluding carboxylic acids is 2. The quantitative estimate of drug-likeness (QED) is 0.166. The fourth-order valence-corrected chi connectivity index (χ4v) is 10.1. The van der Waals surface area contributed by atoms with Crippen molar-refractivity contribution in [2.75, 3.05) is 41.7 Å². The molecule has 304 valence electrons. The van der Waals surface area contributed by atoms with Crippen LogP contribution in [0.5, 0.6) is 5.75 Å². The number of likely N-dealkylation sites (tertiary alicyclic amines) is 1. The minimum atomic E-state index is -2.87. The largest absolute Gasteiger partial charge is 0.507 e. The molecule has 2 amide bonds. The van der Waals surface area contributed by atoms with E-state index in [1.54, 1.807) is 18.2 Å². The molecule has 1 saturated carbocycles. The number of nitrogens with one attached hydrogen (secondary N) is 2. The summed E-state index contributed by atoms with van der Waals surface area (Å²) in [5, 5.41) is 24.5. The van der Waals surface area contributed by atoms with Crippen molar-refractivity contribution >= 4 is 29.3 Å². The number of piperidine rings is 2. The first-order valence-corrected chi connectivity index (χ1v) is 20.6. The average molecular weight is 793 g/mol.